The van der Waals surface area contributed by atoms with E-state index in [1.807, 2.05) is 31.2 Å². The molecular formula is C37H45ClN4O3S. The Hall–Kier alpha value is -3.10. The molecule has 244 valence electrons. The molecule has 2 aliphatic heterocycles. The number of ether oxygens (including phenoxy) is 1. The lowest BCUT2D eigenvalue weighted by molar-refractivity contribution is 0.0982. The maximum absolute atomic E-state index is 13.5. The van der Waals surface area contributed by atoms with E-state index in [4.69, 9.17) is 16.3 Å². The van der Waals surface area contributed by atoms with Crippen molar-refractivity contribution in [2.24, 2.45) is 24.8 Å². The molecule has 2 bridgehead atoms. The largest absolute Gasteiger partial charge is 0.490 e. The van der Waals surface area contributed by atoms with Crippen LogP contribution >= 0.6 is 11.6 Å². The minimum atomic E-state index is -1.52. The number of carbonyl (C=O) groups is 1. The van der Waals surface area contributed by atoms with Crippen molar-refractivity contribution < 1.29 is 13.7 Å². The molecule has 1 aromatic heterocycles. The van der Waals surface area contributed by atoms with Gasteiger partial charge in [-0.1, -0.05) is 36.7 Å². The van der Waals surface area contributed by atoms with E-state index in [-0.39, 0.29) is 28.4 Å². The number of aromatic nitrogens is 2. The molecule has 9 heteroatoms. The standard InChI is InChI=1S/C37H45ClN4O3S/c1-23-7-5-9-31(34-19-39-25(3)41(34)4)30-13-10-28(30)20-42-21-37(16-6-8-26-17-29(38)12-14-32(26)37)22-45-35-15-11-27(18-33(35)42)36(43)40-46(44)24(23)2/h5,9,11-12,14-15,17-19,23-24,28,30-31H,6-8,10,13,16,20-22H2,1-4H3,(H,40,43)/b9-5+/t23?,24?,28?,30?,31?,37-,46?/m0/s1. The van der Waals surface area contributed by atoms with Gasteiger partial charge in [-0.15, -0.1) is 0 Å². The van der Waals surface area contributed by atoms with Gasteiger partial charge in [0.25, 0.3) is 5.91 Å². The molecule has 46 heavy (non-hydrogen) atoms. The molecule has 0 radical (unpaired) electrons. The summed E-state index contributed by atoms with van der Waals surface area (Å²) in [7, 11) is 0.602. The van der Waals surface area contributed by atoms with Crippen molar-refractivity contribution in [2.75, 3.05) is 24.6 Å². The Labute approximate surface area is 280 Å². The number of hydrogen-bond acceptors (Lipinski definition) is 5. The number of fused-ring (bicyclic) bond motifs is 4. The lowest BCUT2D eigenvalue weighted by Crippen LogP contribution is -2.49. The van der Waals surface area contributed by atoms with Gasteiger partial charge in [-0.05, 0) is 112 Å². The number of imidazole rings is 1. The summed E-state index contributed by atoms with van der Waals surface area (Å²) in [6.07, 6.45) is 12.9. The highest BCUT2D eigenvalue weighted by Gasteiger charge is 2.45. The lowest BCUT2D eigenvalue weighted by atomic mass is 9.65. The zero-order valence-electron chi connectivity index (χ0n) is 27.3. The van der Waals surface area contributed by atoms with Crippen LogP contribution in [0.15, 0.2) is 54.7 Å². The summed E-state index contributed by atoms with van der Waals surface area (Å²) in [6.45, 7) is 8.39. The molecule has 3 heterocycles. The van der Waals surface area contributed by atoms with E-state index in [1.54, 1.807) is 0 Å². The van der Waals surface area contributed by atoms with Gasteiger partial charge in [0, 0.05) is 53.9 Å². The van der Waals surface area contributed by atoms with E-state index in [1.165, 1.54) is 16.8 Å². The number of halogens is 1. The number of nitrogens with one attached hydrogen (secondary N) is 1. The minimum absolute atomic E-state index is 0.136. The molecular weight excluding hydrogens is 616 g/mol. The number of nitrogens with zero attached hydrogens (tertiary/aromatic N) is 3. The second kappa shape index (κ2) is 12.5. The van der Waals surface area contributed by atoms with E-state index in [2.05, 4.69) is 70.5 Å². The number of anilines is 1. The van der Waals surface area contributed by atoms with E-state index in [0.29, 0.717) is 24.0 Å². The predicted octanol–water partition coefficient (Wildman–Crippen LogP) is 7.04. The Balaban J connectivity index is 1.32. The predicted molar refractivity (Wildman–Crippen MR) is 185 cm³/mol. The van der Waals surface area contributed by atoms with Crippen molar-refractivity contribution in [1.29, 1.82) is 0 Å². The van der Waals surface area contributed by atoms with Gasteiger partial charge in [0.2, 0.25) is 0 Å². The summed E-state index contributed by atoms with van der Waals surface area (Å²) in [5, 5.41) is 0.577. The zero-order chi connectivity index (χ0) is 32.2. The van der Waals surface area contributed by atoms with Crippen LogP contribution in [0.1, 0.15) is 84.9 Å². The second-order valence-corrected chi connectivity index (χ2v) is 16.2. The molecule has 2 aliphatic carbocycles. The molecule has 7 nitrogen and oxygen atoms in total. The first kappa shape index (κ1) is 31.5. The van der Waals surface area contributed by atoms with E-state index in [0.717, 1.165) is 73.9 Å². The van der Waals surface area contributed by atoms with Crippen molar-refractivity contribution in [1.82, 2.24) is 14.3 Å². The van der Waals surface area contributed by atoms with Gasteiger partial charge in [-0.25, -0.2) is 9.19 Å². The molecule has 7 atom stereocenters. The van der Waals surface area contributed by atoms with Crippen molar-refractivity contribution >= 4 is 34.2 Å². The molecule has 4 aliphatic rings. The number of rotatable bonds is 1. The summed E-state index contributed by atoms with van der Waals surface area (Å²) < 4.78 is 25.1. The highest BCUT2D eigenvalue weighted by molar-refractivity contribution is 7.84. The van der Waals surface area contributed by atoms with Gasteiger partial charge in [0.05, 0.1) is 17.5 Å². The van der Waals surface area contributed by atoms with Gasteiger partial charge in [0.15, 0.2) is 0 Å². The first-order valence-electron chi connectivity index (χ1n) is 16.8. The maximum atomic E-state index is 13.5. The average Bonchev–Trinajstić information content (AvgIpc) is 3.28. The third kappa shape index (κ3) is 5.70. The molecule has 1 saturated carbocycles. The molecule has 6 unspecified atom stereocenters. The quantitative estimate of drug-likeness (QED) is 0.283. The van der Waals surface area contributed by atoms with Crippen LogP contribution in [0.3, 0.4) is 0 Å². The Kier molecular flexibility index (Phi) is 8.55. The molecule has 1 N–H and O–H groups in total. The summed E-state index contributed by atoms with van der Waals surface area (Å²) >= 11 is 6.47. The van der Waals surface area contributed by atoms with Gasteiger partial charge < -0.3 is 14.2 Å². The summed E-state index contributed by atoms with van der Waals surface area (Å²) in [5.74, 6) is 2.82. The van der Waals surface area contributed by atoms with Crippen molar-refractivity contribution in [3.8, 4) is 5.75 Å². The number of carbonyl (C=O) groups excluding carboxylic acids is 1. The Morgan fingerprint density at radius 1 is 1.15 bits per heavy atom. The van der Waals surface area contributed by atoms with Crippen LogP contribution in [-0.2, 0) is 29.9 Å². The summed E-state index contributed by atoms with van der Waals surface area (Å²) in [4.78, 5) is 20.7. The van der Waals surface area contributed by atoms with Gasteiger partial charge >= 0.3 is 0 Å². The smallest absolute Gasteiger partial charge is 0.263 e. The number of benzene rings is 2. The zero-order valence-corrected chi connectivity index (χ0v) is 28.9. The van der Waals surface area contributed by atoms with E-state index < -0.39 is 11.0 Å². The van der Waals surface area contributed by atoms with Crippen molar-refractivity contribution in [3.05, 3.63) is 88.0 Å². The normalized spacial score (nSPS) is 31.9. The fourth-order valence-corrected chi connectivity index (χ4v) is 9.42. The average molecular weight is 661 g/mol. The second-order valence-electron chi connectivity index (χ2n) is 14.2. The van der Waals surface area contributed by atoms with Crippen LogP contribution in [0.5, 0.6) is 5.75 Å². The summed E-state index contributed by atoms with van der Waals surface area (Å²) in [5.41, 5.74) is 5.15. The molecule has 3 aromatic rings. The van der Waals surface area contributed by atoms with Crippen LogP contribution in [-0.4, -0.2) is 44.6 Å². The molecule has 2 aromatic carbocycles. The first-order valence-corrected chi connectivity index (χ1v) is 18.4. The number of aryl methyl sites for hydroxylation is 2. The molecule has 1 amide bonds. The number of hydrogen-bond donors (Lipinski definition) is 1. The maximum Gasteiger partial charge on any atom is 0.263 e. The lowest BCUT2D eigenvalue weighted by Gasteiger charge is -2.46. The minimum Gasteiger partial charge on any atom is -0.490 e. The third-order valence-electron chi connectivity index (χ3n) is 11.5. The third-order valence-corrected chi connectivity index (χ3v) is 13.2. The van der Waals surface area contributed by atoms with Crippen LogP contribution < -0.4 is 14.4 Å². The van der Waals surface area contributed by atoms with Gasteiger partial charge in [0.1, 0.15) is 22.6 Å². The van der Waals surface area contributed by atoms with Gasteiger partial charge in [-0.3, -0.25) is 9.52 Å². The fraction of sp³-hybridized carbons (Fsp3) is 0.514. The van der Waals surface area contributed by atoms with Crippen LogP contribution in [0.4, 0.5) is 5.69 Å². The topological polar surface area (TPSA) is 76.5 Å². The summed E-state index contributed by atoms with van der Waals surface area (Å²) in [6, 6.07) is 12.1. The molecule has 1 spiro atoms. The van der Waals surface area contributed by atoms with Crippen molar-refractivity contribution in [2.45, 2.75) is 75.9 Å². The Morgan fingerprint density at radius 2 is 2.00 bits per heavy atom. The monoisotopic (exact) mass is 660 g/mol. The van der Waals surface area contributed by atoms with E-state index >= 15 is 0 Å². The molecule has 7 rings (SSSR count). The van der Waals surface area contributed by atoms with E-state index in [9.17, 15) is 9.00 Å². The molecule has 0 saturated heterocycles. The Bertz CT molecular complexity index is 1700. The SMILES string of the molecule is Cc1ncc(C2/C=C/CC(C)C(C)S(=O)NC(=O)c3ccc4c(c3)N(CC3CCC32)C[C@@]2(CCCc3cc(Cl)ccc32)CO4)n1C. The van der Waals surface area contributed by atoms with Crippen LogP contribution in [0.2, 0.25) is 5.02 Å². The fourth-order valence-electron chi connectivity index (χ4n) is 8.21. The van der Waals surface area contributed by atoms with Crippen LogP contribution in [0, 0.1) is 24.7 Å². The van der Waals surface area contributed by atoms with Gasteiger partial charge in [-0.2, -0.15) is 0 Å². The number of allylic oxidation sites excluding steroid dienone is 2. The molecule has 1 fully saturated rings. The van der Waals surface area contributed by atoms with Crippen molar-refractivity contribution in [3.63, 3.8) is 0 Å². The van der Waals surface area contributed by atoms with Crippen LogP contribution in [0.25, 0.3) is 0 Å². The highest BCUT2D eigenvalue weighted by Crippen LogP contribution is 2.49. The number of amides is 1. The first-order chi connectivity index (χ1) is 22.1. The Morgan fingerprint density at radius 3 is 2.76 bits per heavy atom. The highest BCUT2D eigenvalue weighted by atomic mass is 35.5.